The molecule has 0 bridgehead atoms. The van der Waals surface area contributed by atoms with E-state index in [1.165, 1.54) is 13.2 Å². The van der Waals surface area contributed by atoms with E-state index in [9.17, 15) is 13.6 Å². The minimum atomic E-state index is -2.90. The minimum absolute atomic E-state index is 0.0137. The van der Waals surface area contributed by atoms with E-state index in [1.54, 1.807) is 18.2 Å². The van der Waals surface area contributed by atoms with E-state index in [0.29, 0.717) is 18.5 Å². The van der Waals surface area contributed by atoms with Gasteiger partial charge in [-0.15, -0.1) is 0 Å². The largest absolute Gasteiger partial charge is 0.493 e. The van der Waals surface area contributed by atoms with Crippen LogP contribution in [0.3, 0.4) is 0 Å². The molecule has 0 heterocycles. The fourth-order valence-electron chi connectivity index (χ4n) is 2.30. The summed E-state index contributed by atoms with van der Waals surface area (Å²) < 4.78 is 34.0. The van der Waals surface area contributed by atoms with Crippen molar-refractivity contribution in [2.75, 3.05) is 13.7 Å². The molecule has 0 aliphatic carbocycles. The molecule has 0 aliphatic rings. The third-order valence-corrected chi connectivity index (χ3v) is 3.53. The van der Waals surface area contributed by atoms with Gasteiger partial charge >= 0.3 is 6.61 Å². The molecule has 0 fully saturated rings. The Hall–Kier alpha value is -2.63. The quantitative estimate of drug-likeness (QED) is 0.841. The molecule has 0 saturated carbocycles. The first-order valence-electron chi connectivity index (χ1n) is 7.47. The second-order valence-corrected chi connectivity index (χ2v) is 5.18. The van der Waals surface area contributed by atoms with Crippen LogP contribution in [0.1, 0.15) is 21.5 Å². The zero-order valence-electron chi connectivity index (χ0n) is 13.5. The number of benzene rings is 2. The monoisotopic (exact) mass is 335 g/mol. The Morgan fingerprint density at radius 2 is 1.92 bits per heavy atom. The van der Waals surface area contributed by atoms with Crippen LogP contribution in [-0.4, -0.2) is 26.2 Å². The summed E-state index contributed by atoms with van der Waals surface area (Å²) in [5, 5.41) is 2.84. The van der Waals surface area contributed by atoms with Gasteiger partial charge in [0.2, 0.25) is 0 Å². The Balaban J connectivity index is 1.95. The third-order valence-electron chi connectivity index (χ3n) is 3.53. The topological polar surface area (TPSA) is 47.6 Å². The van der Waals surface area contributed by atoms with Gasteiger partial charge in [0, 0.05) is 12.1 Å². The maximum absolute atomic E-state index is 12.3. The number of alkyl halides is 2. The van der Waals surface area contributed by atoms with Crippen molar-refractivity contribution in [1.82, 2.24) is 5.32 Å². The van der Waals surface area contributed by atoms with E-state index < -0.39 is 6.61 Å². The summed E-state index contributed by atoms with van der Waals surface area (Å²) in [4.78, 5) is 12.1. The predicted molar refractivity (Wildman–Crippen MR) is 86.8 cm³/mol. The van der Waals surface area contributed by atoms with E-state index >= 15 is 0 Å². The van der Waals surface area contributed by atoms with Crippen LogP contribution in [0.2, 0.25) is 0 Å². The first kappa shape index (κ1) is 17.7. The van der Waals surface area contributed by atoms with Gasteiger partial charge in [0.05, 0.1) is 7.11 Å². The molecule has 0 unspecified atom stereocenters. The highest BCUT2D eigenvalue weighted by Crippen LogP contribution is 2.29. The maximum Gasteiger partial charge on any atom is 0.387 e. The lowest BCUT2D eigenvalue weighted by molar-refractivity contribution is -0.0512. The molecule has 0 saturated heterocycles. The van der Waals surface area contributed by atoms with E-state index in [1.807, 2.05) is 25.1 Å². The lowest BCUT2D eigenvalue weighted by Gasteiger charge is -2.12. The molecule has 4 nitrogen and oxygen atoms in total. The van der Waals surface area contributed by atoms with E-state index in [4.69, 9.17) is 4.74 Å². The minimum Gasteiger partial charge on any atom is -0.493 e. The highest BCUT2D eigenvalue weighted by atomic mass is 19.3. The number of hydrogen-bond donors (Lipinski definition) is 1. The molecule has 0 aromatic heterocycles. The fraction of sp³-hybridized carbons (Fsp3) is 0.278. The molecule has 0 aliphatic heterocycles. The Morgan fingerprint density at radius 3 is 2.58 bits per heavy atom. The van der Waals surface area contributed by atoms with Crippen LogP contribution >= 0.6 is 0 Å². The summed E-state index contributed by atoms with van der Waals surface area (Å²) in [6.45, 7) is -0.606. The first-order chi connectivity index (χ1) is 11.5. The number of methoxy groups -OCH3 is 1. The normalized spacial score (nSPS) is 10.5. The summed E-state index contributed by atoms with van der Waals surface area (Å²) in [6, 6.07) is 12.1. The van der Waals surface area contributed by atoms with Gasteiger partial charge in [-0.3, -0.25) is 4.79 Å². The van der Waals surface area contributed by atoms with Crippen LogP contribution in [0.25, 0.3) is 0 Å². The molecule has 0 atom stereocenters. The zero-order valence-corrected chi connectivity index (χ0v) is 13.5. The van der Waals surface area contributed by atoms with E-state index in [-0.39, 0.29) is 17.4 Å². The van der Waals surface area contributed by atoms with Gasteiger partial charge in [-0.2, -0.15) is 8.78 Å². The van der Waals surface area contributed by atoms with Gasteiger partial charge in [0.25, 0.3) is 5.91 Å². The zero-order chi connectivity index (χ0) is 17.5. The Morgan fingerprint density at radius 1 is 1.17 bits per heavy atom. The van der Waals surface area contributed by atoms with E-state index in [0.717, 1.165) is 11.1 Å². The van der Waals surface area contributed by atoms with Crippen molar-refractivity contribution in [2.45, 2.75) is 20.0 Å². The van der Waals surface area contributed by atoms with Crippen LogP contribution in [0.4, 0.5) is 8.78 Å². The Labute approximate surface area is 139 Å². The molecule has 1 N–H and O–H groups in total. The second-order valence-electron chi connectivity index (χ2n) is 5.18. The summed E-state index contributed by atoms with van der Waals surface area (Å²) in [5.74, 6) is 0.0796. The molecule has 6 heteroatoms. The highest BCUT2D eigenvalue weighted by molar-refractivity contribution is 5.95. The molecule has 2 aromatic rings. The average molecular weight is 335 g/mol. The van der Waals surface area contributed by atoms with Gasteiger partial charge in [-0.05, 0) is 42.7 Å². The SMILES string of the molecule is COc1cc(CCNC(=O)c2ccccc2C)ccc1OC(F)F. The maximum atomic E-state index is 12.3. The summed E-state index contributed by atoms with van der Waals surface area (Å²) in [7, 11) is 1.39. The number of carbonyl (C=O) groups excluding carboxylic acids is 1. The molecule has 1 amide bonds. The first-order valence-corrected chi connectivity index (χ1v) is 7.47. The average Bonchev–Trinajstić information content (AvgIpc) is 2.56. The number of halogens is 2. The molecular weight excluding hydrogens is 316 g/mol. The molecule has 0 radical (unpaired) electrons. The standard InChI is InChI=1S/C18H19F2NO3/c1-12-5-3-4-6-14(12)17(22)21-10-9-13-7-8-15(24-18(19)20)16(11-13)23-2/h3-8,11,18H,9-10H2,1-2H3,(H,21,22). The molecule has 0 spiro atoms. The van der Waals surface area contributed by atoms with Crippen molar-refractivity contribution in [1.29, 1.82) is 0 Å². The van der Waals surface area contributed by atoms with Crippen LogP contribution < -0.4 is 14.8 Å². The van der Waals surface area contributed by atoms with Crippen molar-refractivity contribution in [3.8, 4) is 11.5 Å². The number of ether oxygens (including phenoxy) is 2. The predicted octanol–water partition coefficient (Wildman–Crippen LogP) is 3.58. The summed E-state index contributed by atoms with van der Waals surface area (Å²) in [5.41, 5.74) is 2.39. The molecular formula is C18H19F2NO3. The molecule has 2 rings (SSSR count). The van der Waals surface area contributed by atoms with Crippen molar-refractivity contribution >= 4 is 5.91 Å². The number of amides is 1. The fourth-order valence-corrected chi connectivity index (χ4v) is 2.30. The van der Waals surface area contributed by atoms with Gasteiger partial charge in [0.1, 0.15) is 0 Å². The van der Waals surface area contributed by atoms with Crippen LogP contribution in [0.15, 0.2) is 42.5 Å². The van der Waals surface area contributed by atoms with Crippen LogP contribution in [0, 0.1) is 6.92 Å². The van der Waals surface area contributed by atoms with Crippen LogP contribution in [-0.2, 0) is 6.42 Å². The number of rotatable bonds is 7. The highest BCUT2D eigenvalue weighted by Gasteiger charge is 2.11. The van der Waals surface area contributed by atoms with E-state index in [2.05, 4.69) is 10.1 Å². The Kier molecular flexibility index (Phi) is 6.12. The number of aryl methyl sites for hydroxylation is 1. The molecule has 128 valence electrons. The molecule has 2 aromatic carbocycles. The van der Waals surface area contributed by atoms with Crippen molar-refractivity contribution < 1.29 is 23.0 Å². The Bertz CT molecular complexity index is 704. The van der Waals surface area contributed by atoms with Gasteiger partial charge in [0.15, 0.2) is 11.5 Å². The lowest BCUT2D eigenvalue weighted by Crippen LogP contribution is -2.26. The number of nitrogens with one attached hydrogen (secondary N) is 1. The number of carbonyl (C=O) groups is 1. The molecule has 24 heavy (non-hydrogen) atoms. The van der Waals surface area contributed by atoms with Crippen molar-refractivity contribution in [2.24, 2.45) is 0 Å². The smallest absolute Gasteiger partial charge is 0.387 e. The number of hydrogen-bond acceptors (Lipinski definition) is 3. The van der Waals surface area contributed by atoms with Gasteiger partial charge in [-0.1, -0.05) is 24.3 Å². The van der Waals surface area contributed by atoms with Crippen molar-refractivity contribution in [3.63, 3.8) is 0 Å². The second kappa shape index (κ2) is 8.29. The lowest BCUT2D eigenvalue weighted by atomic mass is 10.1. The summed E-state index contributed by atoms with van der Waals surface area (Å²) in [6.07, 6.45) is 0.545. The van der Waals surface area contributed by atoms with Gasteiger partial charge < -0.3 is 14.8 Å². The summed E-state index contributed by atoms with van der Waals surface area (Å²) >= 11 is 0. The van der Waals surface area contributed by atoms with Gasteiger partial charge in [-0.25, -0.2) is 0 Å². The van der Waals surface area contributed by atoms with Crippen LogP contribution in [0.5, 0.6) is 11.5 Å². The third kappa shape index (κ3) is 4.68. The van der Waals surface area contributed by atoms with Crippen molar-refractivity contribution in [3.05, 3.63) is 59.2 Å².